The largest absolute Gasteiger partial charge is 0.256 e. The molecule has 2 aliphatic rings. The van der Waals surface area contributed by atoms with E-state index in [0.29, 0.717) is 0 Å². The minimum atomic E-state index is 0.0831. The fraction of sp³-hybridized carbons (Fsp3) is 0.364. The Labute approximate surface area is 78.9 Å². The third-order valence-electron chi connectivity index (χ3n) is 2.61. The summed E-state index contributed by atoms with van der Waals surface area (Å²) in [4.78, 5) is 0. The molecule has 2 nitrogen and oxygen atoms in total. The molecule has 2 rings (SSSR count). The fourth-order valence-electron chi connectivity index (χ4n) is 1.75. The van der Waals surface area contributed by atoms with Crippen molar-refractivity contribution in [3.8, 4) is 0 Å². The average molecular weight is 174 g/mol. The number of rotatable bonds is 1. The molecular formula is C11H14N2. The molecule has 0 spiro atoms. The predicted molar refractivity (Wildman–Crippen MR) is 55.4 cm³/mol. The maximum Gasteiger partial charge on any atom is 0.0781 e. The lowest BCUT2D eigenvalue weighted by Gasteiger charge is -2.46. The zero-order chi connectivity index (χ0) is 9.64. The first-order chi connectivity index (χ1) is 6.06. The van der Waals surface area contributed by atoms with Gasteiger partial charge in [0, 0.05) is 0 Å². The zero-order valence-electron chi connectivity index (χ0n) is 8.33. The molecule has 0 fully saturated rings. The average Bonchev–Trinajstić information content (AvgIpc) is 2.07. The van der Waals surface area contributed by atoms with Gasteiger partial charge in [-0.2, -0.15) is 5.10 Å². The van der Waals surface area contributed by atoms with E-state index in [0.717, 1.165) is 5.57 Å². The van der Waals surface area contributed by atoms with E-state index in [2.05, 4.69) is 43.5 Å². The van der Waals surface area contributed by atoms with Gasteiger partial charge in [-0.1, -0.05) is 12.7 Å². The van der Waals surface area contributed by atoms with Gasteiger partial charge in [0.1, 0.15) is 0 Å². The van der Waals surface area contributed by atoms with E-state index in [4.69, 9.17) is 0 Å². The van der Waals surface area contributed by atoms with Crippen LogP contribution in [0.4, 0.5) is 0 Å². The van der Waals surface area contributed by atoms with Crippen LogP contribution in [0.1, 0.15) is 20.8 Å². The van der Waals surface area contributed by atoms with E-state index in [9.17, 15) is 0 Å². The quantitative estimate of drug-likeness (QED) is 0.596. The van der Waals surface area contributed by atoms with Gasteiger partial charge in [0.05, 0.1) is 17.5 Å². The van der Waals surface area contributed by atoms with Gasteiger partial charge in [0.25, 0.3) is 0 Å². The van der Waals surface area contributed by atoms with Crippen molar-refractivity contribution in [1.29, 1.82) is 0 Å². The highest BCUT2D eigenvalue weighted by Gasteiger charge is 2.38. The van der Waals surface area contributed by atoms with Gasteiger partial charge in [-0.25, -0.2) is 0 Å². The highest BCUT2D eigenvalue weighted by atomic mass is 15.5. The third kappa shape index (κ3) is 0.981. The maximum absolute atomic E-state index is 4.36. The Balaban J connectivity index is 2.46. The first-order valence-electron chi connectivity index (χ1n) is 4.47. The van der Waals surface area contributed by atoms with Gasteiger partial charge in [-0.15, -0.1) is 0 Å². The topological polar surface area (TPSA) is 15.6 Å². The first kappa shape index (κ1) is 8.30. The molecule has 13 heavy (non-hydrogen) atoms. The number of hydrogen-bond donors (Lipinski definition) is 0. The van der Waals surface area contributed by atoms with Crippen LogP contribution in [0.25, 0.3) is 0 Å². The Morgan fingerprint density at radius 2 is 2.23 bits per heavy atom. The predicted octanol–water partition coefficient (Wildman–Crippen LogP) is 2.47. The lowest BCUT2D eigenvalue weighted by atomic mass is 9.88. The van der Waals surface area contributed by atoms with E-state index < -0.39 is 0 Å². The number of nitrogens with zero attached hydrogens (tertiary/aromatic N) is 2. The summed E-state index contributed by atoms with van der Waals surface area (Å²) in [7, 11) is 0. The molecule has 0 bridgehead atoms. The first-order valence-corrected chi connectivity index (χ1v) is 4.47. The van der Waals surface area contributed by atoms with Crippen LogP contribution in [0.5, 0.6) is 0 Å². The van der Waals surface area contributed by atoms with E-state index in [-0.39, 0.29) is 5.54 Å². The zero-order valence-corrected chi connectivity index (χ0v) is 8.33. The van der Waals surface area contributed by atoms with Crippen LogP contribution in [-0.4, -0.2) is 16.8 Å². The standard InChI is InChI=1S/C11H14N2/c1-5-9-7-12-13-10(8(9)2)6-11(13,3)4/h5-7H,1H2,2-4H3. The summed E-state index contributed by atoms with van der Waals surface area (Å²) in [6.07, 6.45) is 5.96. The summed E-state index contributed by atoms with van der Waals surface area (Å²) in [5.41, 5.74) is 3.70. The molecule has 2 aliphatic heterocycles. The van der Waals surface area contributed by atoms with E-state index >= 15 is 0 Å². The molecule has 0 amide bonds. The van der Waals surface area contributed by atoms with Gasteiger partial charge in [-0.05, 0) is 38.0 Å². The number of allylic oxidation sites excluding steroid dienone is 3. The molecule has 0 radical (unpaired) electrons. The molecule has 0 saturated carbocycles. The molecule has 0 atom stereocenters. The SMILES string of the molecule is C=CC1=C(C)C2=CC(C)(C)N2N=C1. The molecular weight excluding hydrogens is 160 g/mol. The van der Waals surface area contributed by atoms with Crippen molar-refractivity contribution < 1.29 is 0 Å². The molecule has 0 N–H and O–H groups in total. The lowest BCUT2D eigenvalue weighted by Crippen LogP contribution is -2.48. The van der Waals surface area contributed by atoms with E-state index in [1.165, 1.54) is 11.3 Å². The Morgan fingerprint density at radius 3 is 2.77 bits per heavy atom. The maximum atomic E-state index is 4.36. The van der Waals surface area contributed by atoms with Gasteiger partial charge < -0.3 is 0 Å². The minimum absolute atomic E-state index is 0.0831. The molecule has 0 aromatic rings. The summed E-state index contributed by atoms with van der Waals surface area (Å²) >= 11 is 0. The fourth-order valence-corrected chi connectivity index (χ4v) is 1.75. The summed E-state index contributed by atoms with van der Waals surface area (Å²) in [5.74, 6) is 0. The number of hydrogen-bond acceptors (Lipinski definition) is 2. The highest BCUT2D eigenvalue weighted by Crippen LogP contribution is 2.39. The number of hydrazone groups is 1. The van der Waals surface area contributed by atoms with Gasteiger partial charge in [0.2, 0.25) is 0 Å². The summed E-state index contributed by atoms with van der Waals surface area (Å²) in [6, 6.07) is 0. The third-order valence-corrected chi connectivity index (χ3v) is 2.61. The van der Waals surface area contributed by atoms with Crippen LogP contribution in [0.2, 0.25) is 0 Å². The summed E-state index contributed by atoms with van der Waals surface area (Å²) in [6.45, 7) is 10.2. The smallest absolute Gasteiger partial charge is 0.0781 e. The van der Waals surface area contributed by atoms with Crippen molar-refractivity contribution >= 4 is 6.21 Å². The Kier molecular flexibility index (Phi) is 1.50. The van der Waals surface area contributed by atoms with E-state index in [1.54, 1.807) is 0 Å². The van der Waals surface area contributed by atoms with Gasteiger partial charge in [-0.3, -0.25) is 5.01 Å². The Hall–Kier alpha value is -1.31. The van der Waals surface area contributed by atoms with Crippen molar-refractivity contribution in [2.75, 3.05) is 0 Å². The van der Waals surface area contributed by atoms with Crippen LogP contribution in [0.15, 0.2) is 40.7 Å². The molecule has 0 saturated heterocycles. The van der Waals surface area contributed by atoms with Crippen molar-refractivity contribution in [3.05, 3.63) is 35.6 Å². The summed E-state index contributed by atoms with van der Waals surface area (Å²) in [5, 5.41) is 6.41. The van der Waals surface area contributed by atoms with Crippen LogP contribution >= 0.6 is 0 Å². The monoisotopic (exact) mass is 174 g/mol. The van der Waals surface area contributed by atoms with Crippen LogP contribution in [-0.2, 0) is 0 Å². The van der Waals surface area contributed by atoms with E-state index in [1.807, 2.05) is 12.3 Å². The van der Waals surface area contributed by atoms with Crippen LogP contribution < -0.4 is 0 Å². The molecule has 2 heteroatoms. The Bertz CT molecular complexity index is 356. The lowest BCUT2D eigenvalue weighted by molar-refractivity contribution is 0.177. The second-order valence-electron chi connectivity index (χ2n) is 4.02. The normalized spacial score (nSPS) is 23.6. The molecule has 68 valence electrons. The molecule has 0 aromatic heterocycles. The highest BCUT2D eigenvalue weighted by molar-refractivity contribution is 5.86. The second kappa shape index (κ2) is 2.34. The number of fused-ring (bicyclic) bond motifs is 1. The minimum Gasteiger partial charge on any atom is -0.256 e. The van der Waals surface area contributed by atoms with Crippen molar-refractivity contribution in [2.45, 2.75) is 26.3 Å². The van der Waals surface area contributed by atoms with Crippen molar-refractivity contribution in [3.63, 3.8) is 0 Å². The van der Waals surface area contributed by atoms with Crippen LogP contribution in [0.3, 0.4) is 0 Å². The molecule has 0 unspecified atom stereocenters. The van der Waals surface area contributed by atoms with Gasteiger partial charge in [0.15, 0.2) is 0 Å². The van der Waals surface area contributed by atoms with Crippen molar-refractivity contribution in [1.82, 2.24) is 5.01 Å². The van der Waals surface area contributed by atoms with Crippen molar-refractivity contribution in [2.24, 2.45) is 5.10 Å². The second-order valence-corrected chi connectivity index (χ2v) is 4.02. The van der Waals surface area contributed by atoms with Gasteiger partial charge >= 0.3 is 0 Å². The summed E-state index contributed by atoms with van der Waals surface area (Å²) < 4.78 is 0. The molecule has 2 heterocycles. The molecule has 0 aromatic carbocycles. The molecule has 0 aliphatic carbocycles. The van der Waals surface area contributed by atoms with Crippen LogP contribution in [0, 0.1) is 0 Å². The Morgan fingerprint density at radius 1 is 1.54 bits per heavy atom.